The van der Waals surface area contributed by atoms with E-state index in [1.807, 2.05) is 55.5 Å². The fourth-order valence-electron chi connectivity index (χ4n) is 4.30. The molecule has 0 spiro atoms. The molecule has 3 aromatic carbocycles. The van der Waals surface area contributed by atoms with Crippen LogP contribution in [0.4, 0.5) is 4.39 Å². The van der Waals surface area contributed by atoms with Crippen molar-refractivity contribution in [3.05, 3.63) is 98.7 Å². The molecule has 0 saturated carbocycles. The number of carbonyl (C=O) groups excluding carboxylic acids is 1. The number of nitrogens with one attached hydrogen (secondary N) is 1. The Labute approximate surface area is 221 Å². The SMILES string of the molecule is Cc1c(-c2ccccc2)nc2ccc(Br)cc2c1C(=O)NC[C@H](CCC(=O)O)c1cc(F)ccc1Cl. The van der Waals surface area contributed by atoms with Gasteiger partial charge in [0.25, 0.3) is 5.91 Å². The van der Waals surface area contributed by atoms with Gasteiger partial charge in [0.2, 0.25) is 0 Å². The summed E-state index contributed by atoms with van der Waals surface area (Å²) < 4.78 is 14.8. The van der Waals surface area contributed by atoms with Crippen molar-refractivity contribution >= 4 is 50.3 Å². The minimum atomic E-state index is -0.979. The van der Waals surface area contributed by atoms with Gasteiger partial charge in [-0.1, -0.05) is 57.9 Å². The summed E-state index contributed by atoms with van der Waals surface area (Å²) in [6.45, 7) is 1.95. The van der Waals surface area contributed by atoms with Crippen LogP contribution in [0.1, 0.15) is 40.2 Å². The fraction of sp³-hybridized carbons (Fsp3) is 0.179. The molecule has 2 N–H and O–H groups in total. The van der Waals surface area contributed by atoms with Gasteiger partial charge in [0.1, 0.15) is 5.82 Å². The van der Waals surface area contributed by atoms with Gasteiger partial charge < -0.3 is 10.4 Å². The summed E-state index contributed by atoms with van der Waals surface area (Å²) >= 11 is 9.79. The average Bonchev–Trinajstić information content (AvgIpc) is 2.85. The topological polar surface area (TPSA) is 79.3 Å². The van der Waals surface area contributed by atoms with Gasteiger partial charge in [0.15, 0.2) is 0 Å². The monoisotopic (exact) mass is 568 g/mol. The van der Waals surface area contributed by atoms with Crippen molar-refractivity contribution in [1.29, 1.82) is 0 Å². The van der Waals surface area contributed by atoms with Crippen LogP contribution in [-0.4, -0.2) is 28.5 Å². The normalized spacial score (nSPS) is 11.9. The number of amides is 1. The number of aliphatic carboxylic acids is 1. The number of nitrogens with zero attached hydrogens (tertiary/aromatic N) is 1. The molecule has 4 aromatic rings. The van der Waals surface area contributed by atoms with Crippen LogP contribution in [0.15, 0.2) is 71.2 Å². The predicted molar refractivity (Wildman–Crippen MR) is 143 cm³/mol. The molecule has 8 heteroatoms. The van der Waals surface area contributed by atoms with E-state index in [1.165, 1.54) is 18.2 Å². The van der Waals surface area contributed by atoms with Crippen LogP contribution in [0.25, 0.3) is 22.2 Å². The summed E-state index contributed by atoms with van der Waals surface area (Å²) in [6, 6.07) is 19.2. The maximum atomic E-state index is 14.0. The third-order valence-corrected chi connectivity index (χ3v) is 6.92. The van der Waals surface area contributed by atoms with Crippen molar-refractivity contribution in [3.8, 4) is 11.3 Å². The van der Waals surface area contributed by atoms with Crippen molar-refractivity contribution in [2.24, 2.45) is 0 Å². The summed E-state index contributed by atoms with van der Waals surface area (Å²) in [5.74, 6) is -2.27. The molecule has 0 radical (unpaired) electrons. The second-order valence-electron chi connectivity index (χ2n) is 8.49. The average molecular weight is 570 g/mol. The van der Waals surface area contributed by atoms with E-state index in [-0.39, 0.29) is 25.3 Å². The Bertz CT molecular complexity index is 1450. The lowest BCUT2D eigenvalue weighted by Gasteiger charge is -2.20. The third-order valence-electron chi connectivity index (χ3n) is 6.08. The van der Waals surface area contributed by atoms with E-state index in [0.717, 1.165) is 15.6 Å². The fourth-order valence-corrected chi connectivity index (χ4v) is 4.93. The van der Waals surface area contributed by atoms with Gasteiger partial charge in [0.05, 0.1) is 16.8 Å². The first-order valence-corrected chi connectivity index (χ1v) is 12.5. The largest absolute Gasteiger partial charge is 0.481 e. The molecule has 0 bridgehead atoms. The van der Waals surface area contributed by atoms with Gasteiger partial charge in [-0.2, -0.15) is 0 Å². The van der Waals surface area contributed by atoms with Crippen molar-refractivity contribution in [2.75, 3.05) is 6.54 Å². The molecule has 184 valence electrons. The number of pyridine rings is 1. The number of fused-ring (bicyclic) bond motifs is 1. The zero-order valence-corrected chi connectivity index (χ0v) is 21.7. The zero-order chi connectivity index (χ0) is 25.8. The molecule has 1 heterocycles. The molecule has 1 aromatic heterocycles. The molecular weight excluding hydrogens is 547 g/mol. The number of halogens is 3. The Morgan fingerprint density at radius 2 is 1.86 bits per heavy atom. The predicted octanol–water partition coefficient (Wildman–Crippen LogP) is 7.14. The minimum Gasteiger partial charge on any atom is -0.481 e. The van der Waals surface area contributed by atoms with Gasteiger partial charge in [-0.05, 0) is 60.9 Å². The van der Waals surface area contributed by atoms with E-state index in [9.17, 15) is 19.1 Å². The van der Waals surface area contributed by atoms with Crippen molar-refractivity contribution in [2.45, 2.75) is 25.7 Å². The summed E-state index contributed by atoms with van der Waals surface area (Å²) in [4.78, 5) is 29.7. The molecule has 36 heavy (non-hydrogen) atoms. The van der Waals surface area contributed by atoms with E-state index >= 15 is 0 Å². The van der Waals surface area contributed by atoms with E-state index in [2.05, 4.69) is 21.2 Å². The van der Waals surface area contributed by atoms with Gasteiger partial charge in [-0.3, -0.25) is 9.59 Å². The minimum absolute atomic E-state index is 0.0905. The molecule has 5 nitrogen and oxygen atoms in total. The lowest BCUT2D eigenvalue weighted by atomic mass is 9.93. The van der Waals surface area contributed by atoms with Crippen LogP contribution < -0.4 is 5.32 Å². The first-order valence-electron chi connectivity index (χ1n) is 11.3. The van der Waals surface area contributed by atoms with Crippen molar-refractivity contribution < 1.29 is 19.1 Å². The number of hydrogen-bond donors (Lipinski definition) is 2. The smallest absolute Gasteiger partial charge is 0.303 e. The maximum absolute atomic E-state index is 14.0. The Morgan fingerprint density at radius 1 is 1.11 bits per heavy atom. The van der Waals surface area contributed by atoms with Crippen LogP contribution in [0, 0.1) is 12.7 Å². The molecule has 0 unspecified atom stereocenters. The maximum Gasteiger partial charge on any atom is 0.303 e. The van der Waals surface area contributed by atoms with E-state index in [0.29, 0.717) is 32.7 Å². The number of carboxylic acid groups (broad SMARTS) is 1. The Hall–Kier alpha value is -3.29. The molecule has 1 amide bonds. The Balaban J connectivity index is 1.72. The first kappa shape index (κ1) is 25.8. The van der Waals surface area contributed by atoms with Crippen molar-refractivity contribution in [3.63, 3.8) is 0 Å². The lowest BCUT2D eigenvalue weighted by molar-refractivity contribution is -0.137. The van der Waals surface area contributed by atoms with E-state index in [1.54, 1.807) is 0 Å². The third kappa shape index (κ3) is 5.74. The number of benzene rings is 3. The summed E-state index contributed by atoms with van der Waals surface area (Å²) in [5, 5.41) is 13.2. The van der Waals surface area contributed by atoms with Crippen LogP contribution in [0.2, 0.25) is 5.02 Å². The highest BCUT2D eigenvalue weighted by atomic mass is 79.9. The Kier molecular flexibility index (Phi) is 8.01. The number of carboxylic acids is 1. The van der Waals surface area contributed by atoms with E-state index < -0.39 is 17.7 Å². The molecular formula is C28H23BrClFN2O3. The molecule has 0 saturated heterocycles. The standard InChI is InChI=1S/C28H23BrClFN2O3/c1-16-26(22-13-19(29)8-11-24(22)33-27(16)17-5-3-2-4-6-17)28(36)32-15-18(7-12-25(34)35)21-14-20(31)9-10-23(21)30/h2-6,8-11,13-14,18H,7,12,15H2,1H3,(H,32,36)(H,34,35)/t18-/m0/s1. The second kappa shape index (κ2) is 11.2. The second-order valence-corrected chi connectivity index (χ2v) is 9.82. The molecule has 4 rings (SSSR count). The van der Waals surface area contributed by atoms with Gasteiger partial charge in [0, 0.05) is 39.3 Å². The molecule has 0 aliphatic rings. The van der Waals surface area contributed by atoms with Crippen LogP contribution in [-0.2, 0) is 4.79 Å². The van der Waals surface area contributed by atoms with Gasteiger partial charge >= 0.3 is 5.97 Å². The molecule has 0 aliphatic heterocycles. The van der Waals surface area contributed by atoms with Crippen LogP contribution in [0.5, 0.6) is 0 Å². The highest BCUT2D eigenvalue weighted by molar-refractivity contribution is 9.10. The van der Waals surface area contributed by atoms with Crippen LogP contribution in [0.3, 0.4) is 0 Å². The Morgan fingerprint density at radius 3 is 2.58 bits per heavy atom. The first-order chi connectivity index (χ1) is 17.2. The van der Waals surface area contributed by atoms with Gasteiger partial charge in [-0.25, -0.2) is 9.37 Å². The summed E-state index contributed by atoms with van der Waals surface area (Å²) in [7, 11) is 0. The summed E-state index contributed by atoms with van der Waals surface area (Å²) in [5.41, 5.74) is 3.91. The molecule has 1 atom stereocenters. The lowest BCUT2D eigenvalue weighted by Crippen LogP contribution is -2.30. The van der Waals surface area contributed by atoms with Crippen LogP contribution >= 0.6 is 27.5 Å². The van der Waals surface area contributed by atoms with Crippen molar-refractivity contribution in [1.82, 2.24) is 10.3 Å². The number of aromatic nitrogens is 1. The van der Waals surface area contributed by atoms with Gasteiger partial charge in [-0.15, -0.1) is 0 Å². The number of rotatable bonds is 8. The highest BCUT2D eigenvalue weighted by Gasteiger charge is 2.22. The summed E-state index contributed by atoms with van der Waals surface area (Å²) in [6.07, 6.45) is 0.0470. The zero-order valence-electron chi connectivity index (χ0n) is 19.4. The number of hydrogen-bond acceptors (Lipinski definition) is 3. The molecule has 0 fully saturated rings. The highest BCUT2D eigenvalue weighted by Crippen LogP contribution is 2.32. The van der Waals surface area contributed by atoms with E-state index in [4.69, 9.17) is 16.6 Å². The quantitative estimate of drug-likeness (QED) is 0.236. The molecule has 0 aliphatic carbocycles. The number of carbonyl (C=O) groups is 2.